The van der Waals surface area contributed by atoms with E-state index in [2.05, 4.69) is 15.3 Å². The molecule has 0 bridgehead atoms. The number of rotatable bonds is 6. The van der Waals surface area contributed by atoms with Gasteiger partial charge in [-0.1, -0.05) is 12.1 Å². The second kappa shape index (κ2) is 7.70. The van der Waals surface area contributed by atoms with E-state index >= 15 is 0 Å². The Balaban J connectivity index is 1.57. The molecule has 0 aliphatic carbocycles. The molecule has 0 saturated carbocycles. The Morgan fingerprint density at radius 1 is 1.29 bits per heavy atom. The van der Waals surface area contributed by atoms with Crippen LogP contribution in [0.25, 0.3) is 10.6 Å². The molecular weight excluding hydrogens is 322 g/mol. The van der Waals surface area contributed by atoms with Gasteiger partial charge in [0.15, 0.2) is 0 Å². The Bertz CT molecular complexity index is 818. The predicted molar refractivity (Wildman–Crippen MR) is 94.4 cm³/mol. The fourth-order valence-electron chi connectivity index (χ4n) is 2.21. The lowest BCUT2D eigenvalue weighted by Gasteiger charge is -2.03. The second-order valence-corrected chi connectivity index (χ2v) is 5.98. The number of hydrogen-bond acceptors (Lipinski definition) is 5. The highest BCUT2D eigenvalue weighted by atomic mass is 32.1. The standard InChI is InChI=1S/C18H17N3O2S/c1-23-16-6-2-4-13(10-16)18-21-15(12-24-18)7-9-20-17(22)14-5-3-8-19-11-14/h2-6,8,10-12H,7,9H2,1H3,(H,20,22). The van der Waals surface area contributed by atoms with Crippen LogP contribution in [0.1, 0.15) is 16.1 Å². The van der Waals surface area contributed by atoms with Crippen molar-refractivity contribution >= 4 is 17.2 Å². The number of methoxy groups -OCH3 is 1. The van der Waals surface area contributed by atoms with Gasteiger partial charge in [-0.05, 0) is 24.3 Å². The summed E-state index contributed by atoms with van der Waals surface area (Å²) in [6, 6.07) is 11.3. The summed E-state index contributed by atoms with van der Waals surface area (Å²) < 4.78 is 5.24. The third-order valence-corrected chi connectivity index (χ3v) is 4.40. The van der Waals surface area contributed by atoms with Crippen LogP contribution in [0.3, 0.4) is 0 Å². The Labute approximate surface area is 144 Å². The smallest absolute Gasteiger partial charge is 0.252 e. The van der Waals surface area contributed by atoms with Gasteiger partial charge < -0.3 is 10.1 Å². The van der Waals surface area contributed by atoms with Crippen molar-refractivity contribution in [2.45, 2.75) is 6.42 Å². The van der Waals surface area contributed by atoms with Crippen molar-refractivity contribution in [3.8, 4) is 16.3 Å². The molecule has 0 spiro atoms. The maximum Gasteiger partial charge on any atom is 0.252 e. The summed E-state index contributed by atoms with van der Waals surface area (Å²) in [5.74, 6) is 0.694. The molecule has 0 fully saturated rings. The quantitative estimate of drug-likeness (QED) is 0.749. The zero-order chi connectivity index (χ0) is 16.8. The molecule has 5 nitrogen and oxygen atoms in total. The van der Waals surface area contributed by atoms with Crippen molar-refractivity contribution in [3.05, 3.63) is 65.4 Å². The maximum atomic E-state index is 11.9. The summed E-state index contributed by atoms with van der Waals surface area (Å²) in [6.45, 7) is 0.537. The minimum Gasteiger partial charge on any atom is -0.497 e. The van der Waals surface area contributed by atoms with Gasteiger partial charge in [0.2, 0.25) is 0 Å². The van der Waals surface area contributed by atoms with E-state index in [9.17, 15) is 4.79 Å². The molecule has 0 atom stereocenters. The Hall–Kier alpha value is -2.73. The largest absolute Gasteiger partial charge is 0.497 e. The van der Waals surface area contributed by atoms with E-state index in [4.69, 9.17) is 4.74 Å². The first-order valence-electron chi connectivity index (χ1n) is 7.53. The molecule has 1 amide bonds. The monoisotopic (exact) mass is 339 g/mol. The van der Waals surface area contributed by atoms with E-state index in [0.29, 0.717) is 18.5 Å². The number of aromatic nitrogens is 2. The topological polar surface area (TPSA) is 64.1 Å². The first-order valence-corrected chi connectivity index (χ1v) is 8.41. The van der Waals surface area contributed by atoms with Gasteiger partial charge in [-0.15, -0.1) is 11.3 Å². The summed E-state index contributed by atoms with van der Waals surface area (Å²) in [7, 11) is 1.65. The van der Waals surface area contributed by atoms with Crippen molar-refractivity contribution in [2.24, 2.45) is 0 Å². The minimum atomic E-state index is -0.119. The van der Waals surface area contributed by atoms with Crippen LogP contribution in [0.2, 0.25) is 0 Å². The van der Waals surface area contributed by atoms with Crippen molar-refractivity contribution in [1.29, 1.82) is 0 Å². The van der Waals surface area contributed by atoms with Crippen molar-refractivity contribution in [1.82, 2.24) is 15.3 Å². The average Bonchev–Trinajstić information content (AvgIpc) is 3.11. The van der Waals surface area contributed by atoms with E-state index in [0.717, 1.165) is 22.0 Å². The van der Waals surface area contributed by atoms with Gasteiger partial charge in [0.25, 0.3) is 5.91 Å². The van der Waals surface area contributed by atoms with Crippen LogP contribution in [0.4, 0.5) is 0 Å². The van der Waals surface area contributed by atoms with Gasteiger partial charge >= 0.3 is 0 Å². The summed E-state index contributed by atoms with van der Waals surface area (Å²) >= 11 is 1.59. The third kappa shape index (κ3) is 3.97. The van der Waals surface area contributed by atoms with E-state index < -0.39 is 0 Å². The Morgan fingerprint density at radius 3 is 3.00 bits per heavy atom. The Morgan fingerprint density at radius 2 is 2.21 bits per heavy atom. The number of nitrogens with zero attached hydrogens (tertiary/aromatic N) is 2. The number of benzene rings is 1. The molecule has 24 heavy (non-hydrogen) atoms. The lowest BCUT2D eigenvalue weighted by Crippen LogP contribution is -2.25. The van der Waals surface area contributed by atoms with E-state index in [1.165, 1.54) is 0 Å². The molecule has 0 aliphatic heterocycles. The highest BCUT2D eigenvalue weighted by Gasteiger charge is 2.08. The summed E-state index contributed by atoms with van der Waals surface area (Å²) in [5.41, 5.74) is 2.56. The summed E-state index contributed by atoms with van der Waals surface area (Å²) in [5, 5.41) is 5.85. The summed E-state index contributed by atoms with van der Waals surface area (Å²) in [6.07, 6.45) is 3.89. The number of hydrogen-bond donors (Lipinski definition) is 1. The maximum absolute atomic E-state index is 11.9. The second-order valence-electron chi connectivity index (χ2n) is 5.12. The van der Waals surface area contributed by atoms with Crippen LogP contribution in [0, 0.1) is 0 Å². The molecule has 0 aliphatic rings. The van der Waals surface area contributed by atoms with Crippen molar-refractivity contribution in [3.63, 3.8) is 0 Å². The van der Waals surface area contributed by atoms with Gasteiger partial charge in [-0.2, -0.15) is 0 Å². The first kappa shape index (κ1) is 16.1. The fraction of sp³-hybridized carbons (Fsp3) is 0.167. The molecule has 122 valence electrons. The van der Waals surface area contributed by atoms with Crippen LogP contribution in [0.15, 0.2) is 54.2 Å². The van der Waals surface area contributed by atoms with E-state index in [1.54, 1.807) is 43.0 Å². The SMILES string of the molecule is COc1cccc(-c2nc(CCNC(=O)c3cccnc3)cs2)c1. The number of thiazole rings is 1. The number of carbonyl (C=O) groups is 1. The van der Waals surface area contributed by atoms with Gasteiger partial charge in [-0.3, -0.25) is 9.78 Å². The van der Waals surface area contributed by atoms with Crippen LogP contribution >= 0.6 is 11.3 Å². The number of pyridine rings is 1. The van der Waals surface area contributed by atoms with Crippen molar-refractivity contribution in [2.75, 3.05) is 13.7 Å². The highest BCUT2D eigenvalue weighted by Crippen LogP contribution is 2.26. The zero-order valence-corrected chi connectivity index (χ0v) is 14.0. The fourth-order valence-corrected chi connectivity index (χ4v) is 3.06. The van der Waals surface area contributed by atoms with Gasteiger partial charge in [-0.25, -0.2) is 4.98 Å². The normalized spacial score (nSPS) is 10.4. The molecule has 3 rings (SSSR count). The first-order chi connectivity index (χ1) is 11.8. The average molecular weight is 339 g/mol. The molecule has 3 aromatic rings. The number of amides is 1. The lowest BCUT2D eigenvalue weighted by molar-refractivity contribution is 0.0953. The zero-order valence-electron chi connectivity index (χ0n) is 13.2. The van der Waals surface area contributed by atoms with Crippen molar-refractivity contribution < 1.29 is 9.53 Å². The molecular formula is C18H17N3O2S. The molecule has 0 saturated heterocycles. The molecule has 2 aromatic heterocycles. The van der Waals surface area contributed by atoms with Crippen LogP contribution in [-0.2, 0) is 6.42 Å². The third-order valence-electron chi connectivity index (χ3n) is 3.46. The molecule has 1 aromatic carbocycles. The number of carbonyl (C=O) groups excluding carboxylic acids is 1. The molecule has 0 radical (unpaired) electrons. The highest BCUT2D eigenvalue weighted by molar-refractivity contribution is 7.13. The number of ether oxygens (including phenoxy) is 1. The number of nitrogens with one attached hydrogen (secondary N) is 1. The Kier molecular flexibility index (Phi) is 5.18. The molecule has 0 unspecified atom stereocenters. The minimum absolute atomic E-state index is 0.119. The predicted octanol–water partition coefficient (Wildman–Crippen LogP) is 3.19. The van der Waals surface area contributed by atoms with Crippen LogP contribution < -0.4 is 10.1 Å². The summed E-state index contributed by atoms with van der Waals surface area (Å²) in [4.78, 5) is 20.5. The molecule has 2 heterocycles. The molecule has 6 heteroatoms. The van der Waals surface area contributed by atoms with Crippen LogP contribution in [0.5, 0.6) is 5.75 Å². The van der Waals surface area contributed by atoms with Gasteiger partial charge in [0.05, 0.1) is 18.4 Å². The molecule has 1 N–H and O–H groups in total. The lowest BCUT2D eigenvalue weighted by atomic mass is 10.2. The van der Waals surface area contributed by atoms with Gasteiger partial charge in [0, 0.05) is 36.3 Å². The van der Waals surface area contributed by atoms with E-state index in [1.807, 2.05) is 29.6 Å². The van der Waals surface area contributed by atoms with Crippen LogP contribution in [-0.4, -0.2) is 29.5 Å². The van der Waals surface area contributed by atoms with E-state index in [-0.39, 0.29) is 5.91 Å². The van der Waals surface area contributed by atoms with Gasteiger partial charge in [0.1, 0.15) is 10.8 Å².